The van der Waals surface area contributed by atoms with Gasteiger partial charge >= 0.3 is 11.9 Å². The van der Waals surface area contributed by atoms with E-state index in [1.807, 2.05) is 0 Å². The van der Waals surface area contributed by atoms with Gasteiger partial charge in [0.2, 0.25) is 0 Å². The molecule has 4 nitrogen and oxygen atoms in total. The largest absolute Gasteiger partial charge is 0.478 e. The smallest absolute Gasteiger partial charge is 0.336 e. The van der Waals surface area contributed by atoms with Crippen LogP contribution >= 0.6 is 0 Å². The molecule has 0 atom stereocenters. The van der Waals surface area contributed by atoms with Gasteiger partial charge in [0.1, 0.15) is 6.42 Å². The maximum Gasteiger partial charge on any atom is 0.336 e. The number of hydrogen-bond donors (Lipinski definition) is 1. The summed E-state index contributed by atoms with van der Waals surface area (Å²) in [6.45, 7) is 3.45. The van der Waals surface area contributed by atoms with Crippen LogP contribution in [-0.2, 0) is 9.53 Å². The maximum atomic E-state index is 11.0. The highest BCUT2D eigenvalue weighted by molar-refractivity contribution is 5.91. The van der Waals surface area contributed by atoms with Crippen molar-refractivity contribution in [2.24, 2.45) is 0 Å². The maximum absolute atomic E-state index is 11.0. The second-order valence-corrected chi connectivity index (χ2v) is 3.84. The number of aromatic carboxylic acids is 1. The minimum Gasteiger partial charge on any atom is -0.478 e. The number of ether oxygens (including phenoxy) is 1. The first kappa shape index (κ1) is 13.8. The van der Waals surface area contributed by atoms with Gasteiger partial charge in [0.25, 0.3) is 0 Å². The standard InChI is InChI=1S/C14H14O4/c1-9-7-11(5-4-6-12(15)18-3)8-10(2)13(9)14(16)17/h7-8H,6H2,1-3H3,(H,16,17). The third-order valence-corrected chi connectivity index (χ3v) is 2.44. The molecule has 0 saturated carbocycles. The number of hydrogen-bond acceptors (Lipinski definition) is 3. The predicted molar refractivity (Wildman–Crippen MR) is 66.4 cm³/mol. The number of methoxy groups -OCH3 is 1. The molecular formula is C14H14O4. The zero-order valence-electron chi connectivity index (χ0n) is 10.5. The SMILES string of the molecule is COC(=O)CC#Cc1cc(C)c(C(=O)O)c(C)c1. The van der Waals surface area contributed by atoms with E-state index in [1.165, 1.54) is 7.11 Å². The van der Waals surface area contributed by atoms with Gasteiger partial charge in [0.15, 0.2) is 0 Å². The highest BCUT2D eigenvalue weighted by Gasteiger charge is 2.10. The first-order chi connectivity index (χ1) is 8.45. The monoisotopic (exact) mass is 246 g/mol. The number of carbonyl (C=O) groups is 2. The summed E-state index contributed by atoms with van der Waals surface area (Å²) in [7, 11) is 1.31. The summed E-state index contributed by atoms with van der Waals surface area (Å²) in [5.74, 6) is 4.16. The Labute approximate surface area is 106 Å². The Morgan fingerprint density at radius 2 is 1.83 bits per heavy atom. The molecule has 0 heterocycles. The number of esters is 1. The summed E-state index contributed by atoms with van der Waals surface area (Å²) in [6, 6.07) is 3.39. The van der Waals surface area contributed by atoms with Crippen molar-refractivity contribution in [3.05, 3.63) is 34.4 Å². The number of carboxylic acid groups (broad SMARTS) is 1. The molecule has 0 aliphatic rings. The first-order valence-electron chi connectivity index (χ1n) is 5.36. The summed E-state index contributed by atoms with van der Waals surface area (Å²) in [6.07, 6.45) is 0.0231. The second-order valence-electron chi connectivity index (χ2n) is 3.84. The summed E-state index contributed by atoms with van der Waals surface area (Å²) in [5.41, 5.74) is 2.31. The number of rotatable bonds is 2. The zero-order valence-corrected chi connectivity index (χ0v) is 10.5. The molecule has 0 aliphatic carbocycles. The van der Waals surface area contributed by atoms with Gasteiger partial charge in [0.05, 0.1) is 12.7 Å². The summed E-state index contributed by atoms with van der Waals surface area (Å²) < 4.78 is 4.47. The van der Waals surface area contributed by atoms with E-state index in [9.17, 15) is 9.59 Å². The van der Waals surface area contributed by atoms with E-state index in [0.29, 0.717) is 22.3 Å². The fourth-order valence-electron chi connectivity index (χ4n) is 1.66. The topological polar surface area (TPSA) is 63.6 Å². The molecular weight excluding hydrogens is 232 g/mol. The molecule has 0 spiro atoms. The van der Waals surface area contributed by atoms with E-state index < -0.39 is 11.9 Å². The molecule has 1 aromatic carbocycles. The van der Waals surface area contributed by atoms with Gasteiger partial charge in [0, 0.05) is 5.56 Å². The molecule has 0 aromatic heterocycles. The fraction of sp³-hybridized carbons (Fsp3) is 0.286. The summed E-state index contributed by atoms with van der Waals surface area (Å²) in [5, 5.41) is 9.02. The lowest BCUT2D eigenvalue weighted by Gasteiger charge is -2.05. The van der Waals surface area contributed by atoms with Crippen LogP contribution in [-0.4, -0.2) is 24.2 Å². The van der Waals surface area contributed by atoms with E-state index in [-0.39, 0.29) is 6.42 Å². The Morgan fingerprint density at radius 1 is 1.28 bits per heavy atom. The molecule has 94 valence electrons. The zero-order chi connectivity index (χ0) is 13.7. The molecule has 0 fully saturated rings. The van der Waals surface area contributed by atoms with Crippen LogP contribution in [0, 0.1) is 25.7 Å². The van der Waals surface area contributed by atoms with Crippen LogP contribution in [0.2, 0.25) is 0 Å². The van der Waals surface area contributed by atoms with Gasteiger partial charge < -0.3 is 9.84 Å². The van der Waals surface area contributed by atoms with Crippen molar-refractivity contribution in [1.82, 2.24) is 0 Å². The molecule has 0 unspecified atom stereocenters. The van der Waals surface area contributed by atoms with Crippen molar-refractivity contribution in [1.29, 1.82) is 0 Å². The molecule has 1 aromatic rings. The normalized spacial score (nSPS) is 9.28. The second kappa shape index (κ2) is 5.87. The van der Waals surface area contributed by atoms with E-state index in [4.69, 9.17) is 5.11 Å². The fourth-order valence-corrected chi connectivity index (χ4v) is 1.66. The van der Waals surface area contributed by atoms with Crippen molar-refractivity contribution in [2.45, 2.75) is 20.3 Å². The lowest BCUT2D eigenvalue weighted by atomic mass is 9.99. The highest BCUT2D eigenvalue weighted by atomic mass is 16.5. The van der Waals surface area contributed by atoms with Crippen molar-refractivity contribution >= 4 is 11.9 Å². The lowest BCUT2D eigenvalue weighted by Crippen LogP contribution is -2.03. The van der Waals surface area contributed by atoms with E-state index in [1.54, 1.807) is 26.0 Å². The molecule has 0 radical (unpaired) electrons. The molecule has 0 aliphatic heterocycles. The Hall–Kier alpha value is -2.28. The Balaban J connectivity index is 3.00. The van der Waals surface area contributed by atoms with Gasteiger partial charge in [-0.1, -0.05) is 11.8 Å². The Bertz CT molecular complexity index is 524. The molecule has 1 rings (SSSR count). The number of carboxylic acids is 1. The van der Waals surface area contributed by atoms with Crippen LogP contribution in [0.4, 0.5) is 0 Å². The van der Waals surface area contributed by atoms with E-state index >= 15 is 0 Å². The van der Waals surface area contributed by atoms with Gasteiger partial charge in [-0.15, -0.1) is 0 Å². The van der Waals surface area contributed by atoms with Crippen molar-refractivity contribution in [3.63, 3.8) is 0 Å². The quantitative estimate of drug-likeness (QED) is 0.639. The Morgan fingerprint density at radius 3 is 2.28 bits per heavy atom. The van der Waals surface area contributed by atoms with Crippen molar-refractivity contribution in [2.75, 3.05) is 7.11 Å². The van der Waals surface area contributed by atoms with Crippen LogP contribution in [0.25, 0.3) is 0 Å². The average Bonchev–Trinajstić information content (AvgIpc) is 2.27. The Kier molecular flexibility index (Phi) is 4.50. The number of carbonyl (C=O) groups excluding carboxylic acids is 1. The molecule has 0 saturated heterocycles. The molecule has 0 bridgehead atoms. The highest BCUT2D eigenvalue weighted by Crippen LogP contribution is 2.16. The predicted octanol–water partition coefficient (Wildman–Crippen LogP) is 1.92. The van der Waals surface area contributed by atoms with Gasteiger partial charge in [-0.25, -0.2) is 4.79 Å². The van der Waals surface area contributed by atoms with Crippen LogP contribution in [0.15, 0.2) is 12.1 Å². The van der Waals surface area contributed by atoms with E-state index in [2.05, 4.69) is 16.6 Å². The van der Waals surface area contributed by atoms with Gasteiger partial charge in [-0.05, 0) is 37.1 Å². The van der Waals surface area contributed by atoms with Crippen LogP contribution < -0.4 is 0 Å². The van der Waals surface area contributed by atoms with Crippen LogP contribution in [0.5, 0.6) is 0 Å². The molecule has 18 heavy (non-hydrogen) atoms. The third kappa shape index (κ3) is 3.36. The third-order valence-electron chi connectivity index (χ3n) is 2.44. The number of benzene rings is 1. The summed E-state index contributed by atoms with van der Waals surface area (Å²) >= 11 is 0. The summed E-state index contributed by atoms with van der Waals surface area (Å²) in [4.78, 5) is 21.9. The van der Waals surface area contributed by atoms with Crippen LogP contribution in [0.1, 0.15) is 33.5 Å². The van der Waals surface area contributed by atoms with Crippen molar-refractivity contribution in [3.8, 4) is 11.8 Å². The average molecular weight is 246 g/mol. The number of aryl methyl sites for hydroxylation is 2. The van der Waals surface area contributed by atoms with Crippen LogP contribution in [0.3, 0.4) is 0 Å². The minimum atomic E-state index is -0.945. The van der Waals surface area contributed by atoms with Gasteiger partial charge in [-0.3, -0.25) is 4.79 Å². The van der Waals surface area contributed by atoms with E-state index in [0.717, 1.165) is 0 Å². The lowest BCUT2D eigenvalue weighted by molar-refractivity contribution is -0.139. The first-order valence-corrected chi connectivity index (χ1v) is 5.36. The minimum absolute atomic E-state index is 0.0231. The van der Waals surface area contributed by atoms with Crippen molar-refractivity contribution < 1.29 is 19.4 Å². The molecule has 0 amide bonds. The molecule has 4 heteroatoms. The van der Waals surface area contributed by atoms with Gasteiger partial charge in [-0.2, -0.15) is 0 Å². The molecule has 1 N–H and O–H groups in total.